The molecule has 128 valence electrons. The van der Waals surface area contributed by atoms with E-state index in [9.17, 15) is 10.1 Å². The van der Waals surface area contributed by atoms with E-state index in [4.69, 9.17) is 13.9 Å². The summed E-state index contributed by atoms with van der Waals surface area (Å²) in [5, 5.41) is 9.49. The summed E-state index contributed by atoms with van der Waals surface area (Å²) in [5.41, 5.74) is 1.99. The highest BCUT2D eigenvalue weighted by Crippen LogP contribution is 2.27. The zero-order valence-corrected chi connectivity index (χ0v) is 14.0. The van der Waals surface area contributed by atoms with Gasteiger partial charge in [0.2, 0.25) is 5.76 Å². The van der Waals surface area contributed by atoms with Crippen molar-refractivity contribution in [1.29, 1.82) is 5.26 Å². The molecular weight excluding hydrogens is 330 g/mol. The molecular formula is C21H15NO4. The lowest BCUT2D eigenvalue weighted by Crippen LogP contribution is -2.06. The van der Waals surface area contributed by atoms with Gasteiger partial charge >= 0.3 is 5.97 Å². The number of furan rings is 1. The molecule has 2 aromatic carbocycles. The highest BCUT2D eigenvalue weighted by Gasteiger charge is 2.11. The molecule has 0 unspecified atom stereocenters. The Bertz CT molecular complexity index is 964. The smallest absolute Gasteiger partial charge is 0.379 e. The maximum atomic E-state index is 11.9. The van der Waals surface area contributed by atoms with E-state index in [1.165, 1.54) is 12.3 Å². The molecule has 3 aromatic rings. The monoisotopic (exact) mass is 345 g/mol. The maximum absolute atomic E-state index is 11.9. The SMILES string of the molecule is COc1ccccc1/C(C#N)=C\c1ccc(OC(=O)c2ccco2)cc1. The van der Waals surface area contributed by atoms with Gasteiger partial charge in [0.1, 0.15) is 11.5 Å². The number of nitrogens with zero attached hydrogens (tertiary/aromatic N) is 1. The third kappa shape index (κ3) is 3.82. The minimum absolute atomic E-state index is 0.136. The molecule has 0 bridgehead atoms. The second kappa shape index (κ2) is 7.86. The van der Waals surface area contributed by atoms with Crippen molar-refractivity contribution in [1.82, 2.24) is 0 Å². The fourth-order valence-corrected chi connectivity index (χ4v) is 2.39. The van der Waals surface area contributed by atoms with Crippen molar-refractivity contribution in [3.8, 4) is 17.6 Å². The highest BCUT2D eigenvalue weighted by atomic mass is 16.5. The number of hydrogen-bond acceptors (Lipinski definition) is 5. The molecule has 0 atom stereocenters. The van der Waals surface area contributed by atoms with Crippen LogP contribution >= 0.6 is 0 Å². The van der Waals surface area contributed by atoms with Crippen LogP contribution in [-0.2, 0) is 0 Å². The van der Waals surface area contributed by atoms with Gasteiger partial charge in [0.15, 0.2) is 0 Å². The topological polar surface area (TPSA) is 72.5 Å². The van der Waals surface area contributed by atoms with Crippen LogP contribution in [0.25, 0.3) is 11.6 Å². The van der Waals surface area contributed by atoms with Crippen LogP contribution < -0.4 is 9.47 Å². The number of benzene rings is 2. The Kier molecular flexibility index (Phi) is 5.16. The molecule has 1 heterocycles. The molecule has 0 aliphatic heterocycles. The van der Waals surface area contributed by atoms with Gasteiger partial charge in [-0.25, -0.2) is 4.79 Å². The van der Waals surface area contributed by atoms with Crippen LogP contribution in [0.1, 0.15) is 21.7 Å². The van der Waals surface area contributed by atoms with E-state index in [2.05, 4.69) is 6.07 Å². The van der Waals surface area contributed by atoms with E-state index in [0.717, 1.165) is 5.56 Å². The first-order valence-corrected chi connectivity index (χ1v) is 7.82. The first-order valence-electron chi connectivity index (χ1n) is 7.82. The summed E-state index contributed by atoms with van der Waals surface area (Å²) >= 11 is 0. The molecule has 1 aromatic heterocycles. The zero-order valence-electron chi connectivity index (χ0n) is 14.0. The van der Waals surface area contributed by atoms with Crippen molar-refractivity contribution in [3.63, 3.8) is 0 Å². The standard InChI is InChI=1S/C21H15NO4/c1-24-19-6-3-2-5-18(19)16(14-22)13-15-8-10-17(11-9-15)26-21(23)20-7-4-12-25-20/h2-13H,1H3/b16-13-. The number of methoxy groups -OCH3 is 1. The second-order valence-corrected chi connectivity index (χ2v) is 5.31. The number of rotatable bonds is 5. The Morgan fingerprint density at radius 2 is 1.85 bits per heavy atom. The largest absolute Gasteiger partial charge is 0.496 e. The molecule has 0 spiro atoms. The van der Waals surface area contributed by atoms with Crippen molar-refractivity contribution in [2.24, 2.45) is 0 Å². The van der Waals surface area contributed by atoms with Gasteiger partial charge in [-0.1, -0.05) is 24.3 Å². The molecule has 0 radical (unpaired) electrons. The molecule has 3 rings (SSSR count). The van der Waals surface area contributed by atoms with Crippen LogP contribution in [0, 0.1) is 11.3 Å². The van der Waals surface area contributed by atoms with Crippen molar-refractivity contribution in [3.05, 3.63) is 83.8 Å². The Morgan fingerprint density at radius 3 is 2.50 bits per heavy atom. The first-order chi connectivity index (χ1) is 12.7. The molecule has 0 N–H and O–H groups in total. The number of esters is 1. The summed E-state index contributed by atoms with van der Waals surface area (Å²) in [6.45, 7) is 0. The number of allylic oxidation sites excluding steroid dienone is 1. The Balaban J connectivity index is 1.80. The van der Waals surface area contributed by atoms with Crippen LogP contribution in [0.2, 0.25) is 0 Å². The summed E-state index contributed by atoms with van der Waals surface area (Å²) in [7, 11) is 1.57. The van der Waals surface area contributed by atoms with Crippen molar-refractivity contribution >= 4 is 17.6 Å². The molecule has 5 heteroatoms. The van der Waals surface area contributed by atoms with Crippen molar-refractivity contribution < 1.29 is 18.7 Å². The van der Waals surface area contributed by atoms with Crippen LogP contribution in [-0.4, -0.2) is 13.1 Å². The average Bonchev–Trinajstić information content (AvgIpc) is 3.22. The van der Waals surface area contributed by atoms with E-state index in [0.29, 0.717) is 22.6 Å². The van der Waals surface area contributed by atoms with Gasteiger partial charge in [-0.2, -0.15) is 5.26 Å². The number of para-hydroxylation sites is 1. The van der Waals surface area contributed by atoms with E-state index < -0.39 is 5.97 Å². The summed E-state index contributed by atoms with van der Waals surface area (Å²) in [6, 6.07) is 19.5. The Labute approximate surface area is 150 Å². The maximum Gasteiger partial charge on any atom is 0.379 e. The average molecular weight is 345 g/mol. The number of ether oxygens (including phenoxy) is 2. The molecule has 0 aliphatic carbocycles. The van der Waals surface area contributed by atoms with Gasteiger partial charge in [-0.3, -0.25) is 0 Å². The predicted molar refractivity (Wildman–Crippen MR) is 96.6 cm³/mol. The van der Waals surface area contributed by atoms with Gasteiger partial charge in [0.25, 0.3) is 0 Å². The molecule has 0 amide bonds. The third-order valence-electron chi connectivity index (χ3n) is 3.64. The lowest BCUT2D eigenvalue weighted by Gasteiger charge is -2.07. The van der Waals surface area contributed by atoms with Crippen LogP contribution in [0.5, 0.6) is 11.5 Å². The summed E-state index contributed by atoms with van der Waals surface area (Å²) in [4.78, 5) is 11.9. The van der Waals surface area contributed by atoms with Crippen LogP contribution in [0.3, 0.4) is 0 Å². The van der Waals surface area contributed by atoms with Crippen LogP contribution in [0.15, 0.2) is 71.3 Å². The molecule has 0 saturated heterocycles. The van der Waals surface area contributed by atoms with Gasteiger partial charge < -0.3 is 13.9 Å². The molecule has 0 fully saturated rings. The minimum Gasteiger partial charge on any atom is -0.496 e. The predicted octanol–water partition coefficient (Wildman–Crippen LogP) is 4.57. The second-order valence-electron chi connectivity index (χ2n) is 5.31. The lowest BCUT2D eigenvalue weighted by atomic mass is 10.0. The highest BCUT2D eigenvalue weighted by molar-refractivity contribution is 5.92. The molecule has 0 aliphatic rings. The number of carbonyl (C=O) groups is 1. The van der Waals surface area contributed by atoms with E-state index in [1.54, 1.807) is 49.6 Å². The van der Waals surface area contributed by atoms with Crippen molar-refractivity contribution in [2.45, 2.75) is 0 Å². The fourth-order valence-electron chi connectivity index (χ4n) is 2.39. The van der Waals surface area contributed by atoms with E-state index in [1.807, 2.05) is 18.2 Å². The summed E-state index contributed by atoms with van der Waals surface area (Å²) in [6.07, 6.45) is 3.15. The van der Waals surface area contributed by atoms with E-state index in [-0.39, 0.29) is 5.76 Å². The quantitative estimate of drug-likeness (QED) is 0.293. The zero-order chi connectivity index (χ0) is 18.4. The molecule has 0 saturated carbocycles. The van der Waals surface area contributed by atoms with Gasteiger partial charge in [0, 0.05) is 5.56 Å². The fraction of sp³-hybridized carbons (Fsp3) is 0.0476. The molecule has 5 nitrogen and oxygen atoms in total. The van der Waals surface area contributed by atoms with Gasteiger partial charge in [0.05, 0.1) is 25.0 Å². The summed E-state index contributed by atoms with van der Waals surface area (Å²) < 4.78 is 15.5. The third-order valence-corrected chi connectivity index (χ3v) is 3.64. The number of hydrogen-bond donors (Lipinski definition) is 0. The van der Waals surface area contributed by atoms with Crippen LogP contribution in [0.4, 0.5) is 0 Å². The summed E-state index contributed by atoms with van der Waals surface area (Å²) in [5.74, 6) is 0.589. The van der Waals surface area contributed by atoms with Gasteiger partial charge in [-0.05, 0) is 48.0 Å². The number of carbonyl (C=O) groups excluding carboxylic acids is 1. The van der Waals surface area contributed by atoms with E-state index >= 15 is 0 Å². The Hall–Kier alpha value is -3.78. The Morgan fingerprint density at radius 1 is 1.08 bits per heavy atom. The van der Waals surface area contributed by atoms with Crippen molar-refractivity contribution in [2.75, 3.05) is 7.11 Å². The molecule has 26 heavy (non-hydrogen) atoms. The van der Waals surface area contributed by atoms with Gasteiger partial charge in [-0.15, -0.1) is 0 Å². The first kappa shape index (κ1) is 17.1. The normalized spacial score (nSPS) is 10.8. The lowest BCUT2D eigenvalue weighted by molar-refractivity contribution is 0.0701. The number of nitriles is 1. The minimum atomic E-state index is -0.565.